The molecule has 2 heterocycles. The maximum Gasteiger partial charge on any atom is 0.310 e. The number of hydrogen-bond donors (Lipinski definition) is 1. The van der Waals surface area contributed by atoms with Crippen molar-refractivity contribution in [3.05, 3.63) is 48.7 Å². The summed E-state index contributed by atoms with van der Waals surface area (Å²) in [6.45, 7) is 7.33. The van der Waals surface area contributed by atoms with Gasteiger partial charge in [0.2, 0.25) is 0 Å². The lowest BCUT2D eigenvalue weighted by molar-refractivity contribution is -0.0893. The van der Waals surface area contributed by atoms with Crippen molar-refractivity contribution in [3.63, 3.8) is 0 Å². The Morgan fingerprint density at radius 3 is 2.62 bits per heavy atom. The molecule has 0 saturated heterocycles. The van der Waals surface area contributed by atoms with Crippen molar-refractivity contribution in [2.24, 2.45) is 0 Å². The Hall–Kier alpha value is -2.37. The molecule has 5 heteroatoms. The number of aliphatic hydroxyl groups is 1. The number of furan rings is 1. The lowest BCUT2D eigenvalue weighted by Gasteiger charge is -2.37. The van der Waals surface area contributed by atoms with Crippen molar-refractivity contribution in [2.75, 3.05) is 0 Å². The molecule has 0 aliphatic heterocycles. The average Bonchev–Trinajstić information content (AvgIpc) is 2.97. The third-order valence-electron chi connectivity index (χ3n) is 5.38. The maximum atomic E-state index is 10.4. The van der Waals surface area contributed by atoms with E-state index in [0.717, 1.165) is 38.3 Å². The van der Waals surface area contributed by atoms with E-state index in [9.17, 15) is 5.11 Å². The van der Waals surface area contributed by atoms with E-state index in [-0.39, 0.29) is 0 Å². The second kappa shape index (κ2) is 5.83. The molecule has 0 saturated carbocycles. The summed E-state index contributed by atoms with van der Waals surface area (Å²) in [7, 11) is 0.387. The van der Waals surface area contributed by atoms with E-state index in [2.05, 4.69) is 23.2 Å². The molecule has 1 N–H and O–H groups in total. The van der Waals surface area contributed by atoms with Crippen molar-refractivity contribution < 1.29 is 14.2 Å². The molecule has 2 aromatic carbocycles. The Balaban J connectivity index is 1.87. The van der Waals surface area contributed by atoms with Crippen LogP contribution in [0, 0.1) is 0 Å². The van der Waals surface area contributed by atoms with Gasteiger partial charge in [0.15, 0.2) is 5.58 Å². The molecule has 0 atom stereocenters. The van der Waals surface area contributed by atoms with E-state index in [1.165, 1.54) is 0 Å². The molecule has 0 spiro atoms. The molecule has 4 aromatic rings. The molecule has 0 aliphatic carbocycles. The van der Waals surface area contributed by atoms with Crippen LogP contribution in [0.3, 0.4) is 0 Å². The molecule has 0 unspecified atom stereocenters. The van der Waals surface area contributed by atoms with Crippen molar-refractivity contribution in [1.29, 1.82) is 0 Å². The predicted molar refractivity (Wildman–Crippen MR) is 107 cm³/mol. The van der Waals surface area contributed by atoms with Gasteiger partial charge >= 0.3 is 7.48 Å². The largest absolute Gasteiger partial charge is 0.454 e. The summed E-state index contributed by atoms with van der Waals surface area (Å²) >= 11 is 0. The van der Waals surface area contributed by atoms with Crippen molar-refractivity contribution in [3.8, 4) is 0 Å². The predicted octanol–water partition coefficient (Wildman–Crippen LogP) is 3.68. The number of nitrogens with zero attached hydrogens (tertiary/aromatic N) is 1. The zero-order chi connectivity index (χ0) is 18.5. The first-order valence-corrected chi connectivity index (χ1v) is 8.82. The van der Waals surface area contributed by atoms with Gasteiger partial charge in [-0.3, -0.25) is 4.98 Å². The maximum absolute atomic E-state index is 10.4. The van der Waals surface area contributed by atoms with Crippen LogP contribution in [0.2, 0.25) is 0 Å². The number of benzene rings is 2. The quantitative estimate of drug-likeness (QED) is 0.572. The Labute approximate surface area is 153 Å². The first-order chi connectivity index (χ1) is 12.3. The fourth-order valence-electron chi connectivity index (χ4n) is 3.05. The van der Waals surface area contributed by atoms with Crippen molar-refractivity contribution in [1.82, 2.24) is 4.98 Å². The summed E-state index contributed by atoms with van der Waals surface area (Å²) in [5.41, 5.74) is 1.88. The summed E-state index contributed by atoms with van der Waals surface area (Å²) in [5, 5.41) is 13.5. The monoisotopic (exact) mass is 347 g/mol. The zero-order valence-corrected chi connectivity index (χ0v) is 15.5. The first kappa shape index (κ1) is 17.1. The minimum atomic E-state index is -0.948. The van der Waals surface area contributed by atoms with E-state index in [1.807, 2.05) is 38.1 Å². The number of fused-ring (bicyclic) bond motifs is 5. The van der Waals surface area contributed by atoms with Crippen LogP contribution in [0.4, 0.5) is 0 Å². The normalized spacial score (nSPS) is 13.0. The standard InChI is InChI=1S/C21H22BNO3/c1-20(2,24)21(3,4)26-22-15-8-5-7-13-10-11-14-18-16(9-6-12-23-18)25-19(14)17(13)15/h5-12,22,24H,1-4H3. The Kier molecular flexibility index (Phi) is 3.83. The van der Waals surface area contributed by atoms with Gasteiger partial charge in [0, 0.05) is 17.0 Å². The molecule has 4 rings (SSSR count). The van der Waals surface area contributed by atoms with Crippen LogP contribution in [0.1, 0.15) is 27.7 Å². The molecular weight excluding hydrogens is 325 g/mol. The number of hydrogen-bond acceptors (Lipinski definition) is 4. The third-order valence-corrected chi connectivity index (χ3v) is 5.38. The van der Waals surface area contributed by atoms with Gasteiger partial charge in [0.1, 0.15) is 11.1 Å². The second-order valence-corrected chi connectivity index (χ2v) is 7.77. The van der Waals surface area contributed by atoms with E-state index < -0.39 is 11.2 Å². The summed E-state index contributed by atoms with van der Waals surface area (Å²) in [5.74, 6) is 0. The molecule has 0 radical (unpaired) electrons. The fourth-order valence-corrected chi connectivity index (χ4v) is 3.05. The molecular formula is C21H22BNO3. The van der Waals surface area contributed by atoms with Gasteiger partial charge in [-0.05, 0) is 56.7 Å². The molecule has 4 nitrogen and oxygen atoms in total. The van der Waals surface area contributed by atoms with Crippen LogP contribution in [0.25, 0.3) is 32.8 Å². The van der Waals surface area contributed by atoms with E-state index in [0.29, 0.717) is 7.48 Å². The van der Waals surface area contributed by atoms with Crippen molar-refractivity contribution in [2.45, 2.75) is 38.9 Å². The Morgan fingerprint density at radius 2 is 1.85 bits per heavy atom. The van der Waals surface area contributed by atoms with Crippen LogP contribution >= 0.6 is 0 Å². The highest BCUT2D eigenvalue weighted by Gasteiger charge is 2.35. The fraction of sp³-hybridized carbons (Fsp3) is 0.286. The van der Waals surface area contributed by atoms with Crippen LogP contribution < -0.4 is 5.46 Å². The van der Waals surface area contributed by atoms with Gasteiger partial charge in [-0.1, -0.05) is 24.3 Å². The summed E-state index contributed by atoms with van der Waals surface area (Å²) in [6, 6.07) is 14.1. The van der Waals surface area contributed by atoms with Gasteiger partial charge in [0.05, 0.1) is 11.2 Å². The minimum Gasteiger partial charge on any atom is -0.454 e. The third kappa shape index (κ3) is 2.68. The number of rotatable bonds is 4. The Bertz CT molecular complexity index is 1110. The van der Waals surface area contributed by atoms with Gasteiger partial charge in [-0.15, -0.1) is 0 Å². The lowest BCUT2D eigenvalue weighted by Crippen LogP contribution is -2.49. The summed E-state index contributed by atoms with van der Waals surface area (Å²) < 4.78 is 12.2. The molecule has 0 amide bonds. The summed E-state index contributed by atoms with van der Waals surface area (Å²) in [6.07, 6.45) is 1.78. The lowest BCUT2D eigenvalue weighted by atomic mass is 9.80. The van der Waals surface area contributed by atoms with E-state index in [4.69, 9.17) is 9.07 Å². The van der Waals surface area contributed by atoms with Crippen LogP contribution in [-0.2, 0) is 4.65 Å². The molecule has 0 aliphatic rings. The average molecular weight is 347 g/mol. The highest BCUT2D eigenvalue weighted by molar-refractivity contribution is 6.53. The molecule has 26 heavy (non-hydrogen) atoms. The molecule has 132 valence electrons. The zero-order valence-electron chi connectivity index (χ0n) is 15.5. The van der Waals surface area contributed by atoms with Gasteiger partial charge in [0.25, 0.3) is 0 Å². The van der Waals surface area contributed by atoms with Gasteiger partial charge in [-0.2, -0.15) is 0 Å². The minimum absolute atomic E-state index is 0.387. The van der Waals surface area contributed by atoms with Gasteiger partial charge in [-0.25, -0.2) is 0 Å². The SMILES string of the molecule is CC(C)(O)C(C)(C)OBc1cccc2ccc3c4ncccc4oc3c12. The topological polar surface area (TPSA) is 55.5 Å². The highest BCUT2D eigenvalue weighted by Crippen LogP contribution is 2.32. The van der Waals surface area contributed by atoms with Crippen LogP contribution in [-0.4, -0.2) is 28.8 Å². The van der Waals surface area contributed by atoms with E-state index >= 15 is 0 Å². The van der Waals surface area contributed by atoms with Crippen LogP contribution in [0.5, 0.6) is 0 Å². The Morgan fingerprint density at radius 1 is 1.04 bits per heavy atom. The molecule has 0 fully saturated rings. The number of aromatic nitrogens is 1. The number of pyridine rings is 1. The molecule has 2 aromatic heterocycles. The first-order valence-electron chi connectivity index (χ1n) is 8.82. The smallest absolute Gasteiger partial charge is 0.310 e. The molecule has 0 bridgehead atoms. The van der Waals surface area contributed by atoms with Gasteiger partial charge < -0.3 is 14.2 Å². The van der Waals surface area contributed by atoms with E-state index in [1.54, 1.807) is 20.0 Å². The van der Waals surface area contributed by atoms with Crippen molar-refractivity contribution >= 4 is 45.8 Å². The van der Waals surface area contributed by atoms with Crippen LogP contribution in [0.15, 0.2) is 53.1 Å². The highest BCUT2D eigenvalue weighted by atomic mass is 16.5. The second-order valence-electron chi connectivity index (χ2n) is 7.77. The summed E-state index contributed by atoms with van der Waals surface area (Å²) in [4.78, 5) is 4.47.